The summed E-state index contributed by atoms with van der Waals surface area (Å²) in [6.07, 6.45) is 13.4. The normalized spacial score (nSPS) is 20.0. The molecule has 1 aliphatic carbocycles. The van der Waals surface area contributed by atoms with E-state index < -0.39 is 11.9 Å². The van der Waals surface area contributed by atoms with Crippen molar-refractivity contribution in [1.82, 2.24) is 0 Å². The highest BCUT2D eigenvalue weighted by molar-refractivity contribution is 6.00. The predicted octanol–water partition coefficient (Wildman–Crippen LogP) is 6.05. The summed E-state index contributed by atoms with van der Waals surface area (Å²) in [5.74, 6) is -1.67. The van der Waals surface area contributed by atoms with Crippen LogP contribution in [0.4, 0.5) is 0 Å². The van der Waals surface area contributed by atoms with Gasteiger partial charge in [0.2, 0.25) is 0 Å². The molecule has 2 atom stereocenters. The molecule has 0 amide bonds. The highest BCUT2D eigenvalue weighted by Gasteiger charge is 2.35. The van der Waals surface area contributed by atoms with Crippen molar-refractivity contribution in [3.8, 4) is 0 Å². The average molecular weight is 359 g/mol. The molecule has 0 heterocycles. The highest BCUT2D eigenvalue weighted by atomic mass is 16.4. The van der Waals surface area contributed by atoms with Gasteiger partial charge in [0.1, 0.15) is 0 Å². The number of aliphatic carboxylic acids is 1. The van der Waals surface area contributed by atoms with Gasteiger partial charge in [-0.3, -0.25) is 9.59 Å². The molecular weight excluding hydrogens is 324 g/mol. The van der Waals surface area contributed by atoms with Crippen molar-refractivity contribution in [3.63, 3.8) is 0 Å². The summed E-state index contributed by atoms with van der Waals surface area (Å²) in [5.41, 5.74) is 1.94. The molecule has 0 spiro atoms. The maximum atomic E-state index is 12.7. The minimum Gasteiger partial charge on any atom is -0.481 e. The van der Waals surface area contributed by atoms with E-state index in [-0.39, 0.29) is 11.7 Å². The molecule has 2 rings (SSSR count). The van der Waals surface area contributed by atoms with Crippen LogP contribution in [-0.4, -0.2) is 16.9 Å². The van der Waals surface area contributed by atoms with Crippen LogP contribution in [0.5, 0.6) is 0 Å². The summed E-state index contributed by atoms with van der Waals surface area (Å²) >= 11 is 0. The molecule has 0 aromatic heterocycles. The Morgan fingerprint density at radius 2 is 1.46 bits per heavy atom. The second kappa shape index (κ2) is 11.2. The largest absolute Gasteiger partial charge is 0.481 e. The second-order valence-electron chi connectivity index (χ2n) is 7.77. The van der Waals surface area contributed by atoms with E-state index >= 15 is 0 Å². The summed E-state index contributed by atoms with van der Waals surface area (Å²) in [6.45, 7) is 2.24. The van der Waals surface area contributed by atoms with Gasteiger partial charge in [-0.15, -0.1) is 0 Å². The van der Waals surface area contributed by atoms with Crippen molar-refractivity contribution in [3.05, 3.63) is 35.4 Å². The van der Waals surface area contributed by atoms with Crippen molar-refractivity contribution in [2.24, 2.45) is 11.8 Å². The molecule has 26 heavy (non-hydrogen) atoms. The van der Waals surface area contributed by atoms with Crippen LogP contribution in [-0.2, 0) is 11.2 Å². The van der Waals surface area contributed by atoms with Crippen molar-refractivity contribution in [2.45, 2.75) is 84.0 Å². The Morgan fingerprint density at radius 3 is 2.08 bits per heavy atom. The fraction of sp³-hybridized carbons (Fsp3) is 0.652. The smallest absolute Gasteiger partial charge is 0.307 e. The first-order valence-corrected chi connectivity index (χ1v) is 10.5. The van der Waals surface area contributed by atoms with Gasteiger partial charge in [0.15, 0.2) is 5.78 Å². The number of hydrogen-bond donors (Lipinski definition) is 1. The van der Waals surface area contributed by atoms with Gasteiger partial charge in [-0.1, -0.05) is 82.6 Å². The topological polar surface area (TPSA) is 54.4 Å². The minimum atomic E-state index is -0.821. The molecule has 1 saturated carbocycles. The maximum Gasteiger partial charge on any atom is 0.307 e. The number of carbonyl (C=O) groups is 2. The summed E-state index contributed by atoms with van der Waals surface area (Å²) in [4.78, 5) is 24.2. The number of carboxylic acid groups (broad SMARTS) is 1. The van der Waals surface area contributed by atoms with E-state index in [9.17, 15) is 14.7 Å². The van der Waals surface area contributed by atoms with Gasteiger partial charge in [-0.2, -0.15) is 0 Å². The third-order valence-electron chi connectivity index (χ3n) is 5.73. The van der Waals surface area contributed by atoms with Crippen molar-refractivity contribution in [1.29, 1.82) is 0 Å². The van der Waals surface area contributed by atoms with E-state index in [1.807, 2.05) is 24.3 Å². The first-order chi connectivity index (χ1) is 12.6. The number of unbranched alkanes of at least 4 members (excludes halogenated alkanes) is 6. The third-order valence-corrected chi connectivity index (χ3v) is 5.73. The lowest BCUT2D eigenvalue weighted by molar-refractivity contribution is -0.144. The number of Topliss-reactive ketones (excluding diaryl/α,β-unsaturated/α-hetero) is 1. The quantitative estimate of drug-likeness (QED) is 0.387. The molecule has 3 nitrogen and oxygen atoms in total. The Kier molecular flexibility index (Phi) is 8.87. The number of aryl methyl sites for hydroxylation is 1. The molecule has 1 fully saturated rings. The molecule has 3 heteroatoms. The van der Waals surface area contributed by atoms with Crippen LogP contribution >= 0.6 is 0 Å². The third kappa shape index (κ3) is 6.26. The van der Waals surface area contributed by atoms with E-state index in [0.717, 1.165) is 19.3 Å². The fourth-order valence-electron chi connectivity index (χ4n) is 4.08. The maximum absolute atomic E-state index is 12.7. The molecule has 0 bridgehead atoms. The SMILES string of the molecule is CCCCCCCCCc1ccc(C(=O)[C@@H]2CCCC[C@H]2C(=O)O)cc1. The van der Waals surface area contributed by atoms with Gasteiger partial charge in [0.25, 0.3) is 0 Å². The summed E-state index contributed by atoms with van der Waals surface area (Å²) in [7, 11) is 0. The van der Waals surface area contributed by atoms with E-state index in [1.54, 1.807) is 0 Å². The standard InChI is InChI=1S/C23H34O3/c1-2-3-4-5-6-7-8-11-18-14-16-19(17-15-18)22(24)20-12-9-10-13-21(20)23(25)26/h14-17,20-21H,2-13H2,1H3,(H,25,26)/t20-,21-/m1/s1. The van der Waals surface area contributed by atoms with E-state index in [0.29, 0.717) is 18.4 Å². The molecule has 1 aliphatic rings. The first kappa shape index (κ1) is 20.7. The number of ketones is 1. The van der Waals surface area contributed by atoms with Gasteiger partial charge >= 0.3 is 5.97 Å². The van der Waals surface area contributed by atoms with E-state index in [1.165, 1.54) is 50.5 Å². The molecule has 1 aromatic rings. The number of rotatable bonds is 11. The van der Waals surface area contributed by atoms with Crippen molar-refractivity contribution < 1.29 is 14.7 Å². The molecular formula is C23H34O3. The molecule has 0 saturated heterocycles. The average Bonchev–Trinajstić information content (AvgIpc) is 2.67. The van der Waals surface area contributed by atoms with Crippen molar-refractivity contribution >= 4 is 11.8 Å². The van der Waals surface area contributed by atoms with Crippen LogP contribution < -0.4 is 0 Å². The Labute approximate surface area is 158 Å². The van der Waals surface area contributed by atoms with Crippen LogP contribution in [0.1, 0.15) is 93.5 Å². The van der Waals surface area contributed by atoms with Gasteiger partial charge in [-0.25, -0.2) is 0 Å². The summed E-state index contributed by atoms with van der Waals surface area (Å²) in [5, 5.41) is 9.38. The first-order valence-electron chi connectivity index (χ1n) is 10.5. The van der Waals surface area contributed by atoms with Crippen LogP contribution in [0.3, 0.4) is 0 Å². The molecule has 0 radical (unpaired) electrons. The lowest BCUT2D eigenvalue weighted by Crippen LogP contribution is -2.32. The lowest BCUT2D eigenvalue weighted by Gasteiger charge is -2.27. The Hall–Kier alpha value is -1.64. The Morgan fingerprint density at radius 1 is 0.885 bits per heavy atom. The minimum absolute atomic E-state index is 0.0135. The van der Waals surface area contributed by atoms with Crippen LogP contribution in [0.15, 0.2) is 24.3 Å². The highest BCUT2D eigenvalue weighted by Crippen LogP contribution is 2.33. The van der Waals surface area contributed by atoms with Crippen LogP contribution in [0.25, 0.3) is 0 Å². The molecule has 1 N–H and O–H groups in total. The zero-order valence-corrected chi connectivity index (χ0v) is 16.2. The predicted molar refractivity (Wildman–Crippen MR) is 106 cm³/mol. The fourth-order valence-corrected chi connectivity index (χ4v) is 4.08. The van der Waals surface area contributed by atoms with Gasteiger partial charge in [0, 0.05) is 11.5 Å². The summed E-state index contributed by atoms with van der Waals surface area (Å²) in [6, 6.07) is 7.88. The van der Waals surface area contributed by atoms with Gasteiger partial charge in [0.05, 0.1) is 5.92 Å². The molecule has 1 aromatic carbocycles. The van der Waals surface area contributed by atoms with E-state index in [2.05, 4.69) is 6.92 Å². The number of hydrogen-bond acceptors (Lipinski definition) is 2. The Bertz CT molecular complexity index is 561. The monoisotopic (exact) mass is 358 g/mol. The molecule has 0 aliphatic heterocycles. The van der Waals surface area contributed by atoms with Gasteiger partial charge in [-0.05, 0) is 31.2 Å². The number of benzene rings is 1. The van der Waals surface area contributed by atoms with Crippen LogP contribution in [0, 0.1) is 11.8 Å². The van der Waals surface area contributed by atoms with Crippen LogP contribution in [0.2, 0.25) is 0 Å². The van der Waals surface area contributed by atoms with E-state index in [4.69, 9.17) is 0 Å². The second-order valence-corrected chi connectivity index (χ2v) is 7.77. The molecule has 144 valence electrons. The lowest BCUT2D eigenvalue weighted by atomic mass is 9.75. The number of carbonyl (C=O) groups excluding carboxylic acids is 1. The van der Waals surface area contributed by atoms with Gasteiger partial charge < -0.3 is 5.11 Å². The molecule has 0 unspecified atom stereocenters. The zero-order chi connectivity index (χ0) is 18.8. The Balaban J connectivity index is 1.80. The van der Waals surface area contributed by atoms with Crippen molar-refractivity contribution in [2.75, 3.05) is 0 Å². The zero-order valence-electron chi connectivity index (χ0n) is 16.2. The number of carboxylic acids is 1. The summed E-state index contributed by atoms with van der Waals surface area (Å²) < 4.78 is 0.